The second-order valence-corrected chi connectivity index (χ2v) is 5.37. The fourth-order valence-corrected chi connectivity index (χ4v) is 3.00. The van der Waals surface area contributed by atoms with E-state index in [-0.39, 0.29) is 0 Å². The Morgan fingerprint density at radius 1 is 1.21 bits per heavy atom. The number of likely N-dealkylation sites (tertiary alicyclic amines) is 1. The summed E-state index contributed by atoms with van der Waals surface area (Å²) in [5.41, 5.74) is 0.265. The van der Waals surface area contributed by atoms with Crippen molar-refractivity contribution in [2.45, 2.75) is 25.4 Å². The molecule has 0 amide bonds. The van der Waals surface area contributed by atoms with E-state index >= 15 is 0 Å². The molecule has 2 aromatic rings. The summed E-state index contributed by atoms with van der Waals surface area (Å²) in [5, 5.41) is 13.2. The third kappa shape index (κ3) is 2.24. The van der Waals surface area contributed by atoms with E-state index in [1.54, 1.807) is 0 Å². The topological polar surface area (TPSA) is 36.4 Å². The zero-order valence-electron chi connectivity index (χ0n) is 11.3. The van der Waals surface area contributed by atoms with Crippen molar-refractivity contribution in [3.63, 3.8) is 0 Å². The molecule has 3 nitrogen and oxygen atoms in total. The summed E-state index contributed by atoms with van der Waals surface area (Å²) in [6.45, 7) is 5.14. The number of benzene rings is 1. The summed E-state index contributed by atoms with van der Waals surface area (Å²) >= 11 is 0. The predicted molar refractivity (Wildman–Crippen MR) is 77.0 cm³/mol. The Balaban J connectivity index is 2.00. The van der Waals surface area contributed by atoms with Crippen molar-refractivity contribution in [1.82, 2.24) is 9.88 Å². The average molecular weight is 256 g/mol. The molecule has 1 fully saturated rings. The summed E-state index contributed by atoms with van der Waals surface area (Å²) in [6, 6.07) is 8.17. The molecule has 19 heavy (non-hydrogen) atoms. The molecule has 0 aliphatic carbocycles. The van der Waals surface area contributed by atoms with E-state index in [1.807, 2.05) is 24.5 Å². The van der Waals surface area contributed by atoms with Crippen molar-refractivity contribution in [2.24, 2.45) is 0 Å². The molecule has 1 aliphatic heterocycles. The van der Waals surface area contributed by atoms with Crippen molar-refractivity contribution >= 4 is 10.8 Å². The van der Waals surface area contributed by atoms with Crippen LogP contribution in [0.4, 0.5) is 0 Å². The highest BCUT2D eigenvalue weighted by molar-refractivity contribution is 5.85. The van der Waals surface area contributed by atoms with Gasteiger partial charge in [0.2, 0.25) is 0 Å². The molecule has 2 heterocycles. The van der Waals surface area contributed by atoms with Gasteiger partial charge in [-0.05, 0) is 24.8 Å². The molecule has 1 aliphatic rings. The van der Waals surface area contributed by atoms with Crippen LogP contribution in [0.2, 0.25) is 0 Å². The molecule has 1 N–H and O–H groups in total. The molecule has 0 unspecified atom stereocenters. The summed E-state index contributed by atoms with van der Waals surface area (Å²) in [5.74, 6) is 0. The molecular weight excluding hydrogens is 236 g/mol. The van der Waals surface area contributed by atoms with Gasteiger partial charge in [0, 0.05) is 36.4 Å². The van der Waals surface area contributed by atoms with Crippen molar-refractivity contribution in [1.29, 1.82) is 0 Å². The van der Waals surface area contributed by atoms with Crippen LogP contribution in [0.15, 0.2) is 36.7 Å². The van der Waals surface area contributed by atoms with Gasteiger partial charge in [-0.3, -0.25) is 4.98 Å². The first-order valence-corrected chi connectivity index (χ1v) is 7.01. The van der Waals surface area contributed by atoms with E-state index in [0.29, 0.717) is 0 Å². The molecule has 0 saturated carbocycles. The van der Waals surface area contributed by atoms with Crippen molar-refractivity contribution in [2.75, 3.05) is 19.6 Å². The predicted octanol–water partition coefficient (Wildman–Crippen LogP) is 2.54. The maximum Gasteiger partial charge on any atom is 0.0941 e. The highest BCUT2D eigenvalue weighted by Gasteiger charge is 2.34. The Morgan fingerprint density at radius 3 is 2.68 bits per heavy atom. The lowest BCUT2D eigenvalue weighted by Crippen LogP contribution is -2.42. The zero-order chi connectivity index (χ0) is 13.3. The molecule has 1 aromatic heterocycles. The van der Waals surface area contributed by atoms with Gasteiger partial charge in [0.1, 0.15) is 0 Å². The molecule has 100 valence electrons. The fourth-order valence-electron chi connectivity index (χ4n) is 3.00. The molecule has 1 aromatic carbocycles. The number of aromatic nitrogens is 1. The Labute approximate surface area is 113 Å². The molecule has 1 saturated heterocycles. The first kappa shape index (κ1) is 12.6. The van der Waals surface area contributed by atoms with Gasteiger partial charge in [-0.1, -0.05) is 31.2 Å². The van der Waals surface area contributed by atoms with Crippen LogP contribution in [0.3, 0.4) is 0 Å². The van der Waals surface area contributed by atoms with E-state index in [4.69, 9.17) is 0 Å². The van der Waals surface area contributed by atoms with Crippen LogP contribution in [0.5, 0.6) is 0 Å². The van der Waals surface area contributed by atoms with Gasteiger partial charge in [-0.2, -0.15) is 0 Å². The first-order chi connectivity index (χ1) is 9.23. The van der Waals surface area contributed by atoms with Crippen LogP contribution < -0.4 is 0 Å². The summed E-state index contributed by atoms with van der Waals surface area (Å²) < 4.78 is 0. The second kappa shape index (κ2) is 4.91. The van der Waals surface area contributed by atoms with Crippen LogP contribution in [-0.2, 0) is 5.60 Å². The van der Waals surface area contributed by atoms with E-state index in [2.05, 4.69) is 28.9 Å². The van der Waals surface area contributed by atoms with Gasteiger partial charge in [-0.15, -0.1) is 0 Å². The monoisotopic (exact) mass is 256 g/mol. The SMILES string of the molecule is CCN1CCC(O)(c2cncc3ccccc23)CC1. The van der Waals surface area contributed by atoms with Crippen LogP contribution in [0.25, 0.3) is 10.8 Å². The summed E-state index contributed by atoms with van der Waals surface area (Å²) in [4.78, 5) is 6.68. The standard InChI is InChI=1S/C16H20N2O/c1-2-18-9-7-16(19,8-10-18)15-12-17-11-13-5-3-4-6-14(13)15/h3-6,11-12,19H,2,7-10H2,1H3. The number of nitrogens with zero attached hydrogens (tertiary/aromatic N) is 2. The number of rotatable bonds is 2. The number of pyridine rings is 1. The molecule has 3 heteroatoms. The average Bonchev–Trinajstić information content (AvgIpc) is 2.47. The molecule has 0 atom stereocenters. The third-order valence-corrected chi connectivity index (χ3v) is 4.30. The van der Waals surface area contributed by atoms with E-state index < -0.39 is 5.60 Å². The van der Waals surface area contributed by atoms with Crippen molar-refractivity contribution < 1.29 is 5.11 Å². The van der Waals surface area contributed by atoms with Gasteiger partial charge < -0.3 is 10.0 Å². The first-order valence-electron chi connectivity index (χ1n) is 7.01. The number of aliphatic hydroxyl groups is 1. The lowest BCUT2D eigenvalue weighted by Gasteiger charge is -2.38. The number of hydrogen-bond acceptors (Lipinski definition) is 3. The van der Waals surface area contributed by atoms with Crippen LogP contribution in [-0.4, -0.2) is 34.6 Å². The number of hydrogen-bond donors (Lipinski definition) is 1. The van der Waals surface area contributed by atoms with Gasteiger partial charge in [0.15, 0.2) is 0 Å². The molecule has 0 bridgehead atoms. The molecular formula is C16H20N2O. The van der Waals surface area contributed by atoms with Crippen LogP contribution in [0, 0.1) is 0 Å². The summed E-state index contributed by atoms with van der Waals surface area (Å²) in [7, 11) is 0. The highest BCUT2D eigenvalue weighted by atomic mass is 16.3. The number of piperidine rings is 1. The highest BCUT2D eigenvalue weighted by Crippen LogP contribution is 2.36. The largest absolute Gasteiger partial charge is 0.385 e. The smallest absolute Gasteiger partial charge is 0.0941 e. The normalized spacial score (nSPS) is 19.7. The fraction of sp³-hybridized carbons (Fsp3) is 0.438. The maximum atomic E-state index is 11.0. The Hall–Kier alpha value is -1.45. The maximum absolute atomic E-state index is 11.0. The van der Waals surface area contributed by atoms with Crippen LogP contribution >= 0.6 is 0 Å². The van der Waals surface area contributed by atoms with Crippen molar-refractivity contribution in [3.05, 3.63) is 42.2 Å². The van der Waals surface area contributed by atoms with Gasteiger partial charge >= 0.3 is 0 Å². The minimum Gasteiger partial charge on any atom is -0.385 e. The third-order valence-electron chi connectivity index (χ3n) is 4.30. The van der Waals surface area contributed by atoms with Gasteiger partial charge in [0.25, 0.3) is 0 Å². The molecule has 0 radical (unpaired) electrons. The molecule has 0 spiro atoms. The van der Waals surface area contributed by atoms with Crippen molar-refractivity contribution in [3.8, 4) is 0 Å². The van der Waals surface area contributed by atoms with Crippen LogP contribution in [0.1, 0.15) is 25.3 Å². The summed E-state index contributed by atoms with van der Waals surface area (Å²) in [6.07, 6.45) is 5.28. The lowest BCUT2D eigenvalue weighted by molar-refractivity contribution is -0.0237. The molecule has 3 rings (SSSR count). The van der Waals surface area contributed by atoms with E-state index in [9.17, 15) is 5.11 Å². The Morgan fingerprint density at radius 2 is 1.95 bits per heavy atom. The Bertz CT molecular complexity index is 568. The zero-order valence-corrected chi connectivity index (χ0v) is 11.3. The number of fused-ring (bicyclic) bond motifs is 1. The Kier molecular flexibility index (Phi) is 3.25. The lowest BCUT2D eigenvalue weighted by atomic mass is 9.83. The van der Waals surface area contributed by atoms with Gasteiger partial charge in [0.05, 0.1) is 5.60 Å². The van der Waals surface area contributed by atoms with Gasteiger partial charge in [-0.25, -0.2) is 0 Å². The quantitative estimate of drug-likeness (QED) is 0.897. The second-order valence-electron chi connectivity index (χ2n) is 5.37. The minimum atomic E-state index is -0.723. The minimum absolute atomic E-state index is 0.723. The van der Waals surface area contributed by atoms with E-state index in [0.717, 1.165) is 48.8 Å². The van der Waals surface area contributed by atoms with E-state index in [1.165, 1.54) is 0 Å².